The summed E-state index contributed by atoms with van der Waals surface area (Å²) in [5.41, 5.74) is 9.84. The van der Waals surface area contributed by atoms with Crippen molar-refractivity contribution >= 4 is 11.3 Å². The van der Waals surface area contributed by atoms with E-state index in [4.69, 9.17) is 10.5 Å². The number of hydrogen-bond acceptors (Lipinski definition) is 4. The quantitative estimate of drug-likeness (QED) is 0.663. The number of ether oxygens (including phenoxy) is 1. The van der Waals surface area contributed by atoms with Crippen LogP contribution in [0.25, 0.3) is 0 Å². The van der Waals surface area contributed by atoms with Gasteiger partial charge in [0.05, 0.1) is 19.8 Å². The van der Waals surface area contributed by atoms with Crippen molar-refractivity contribution in [1.82, 2.24) is 0 Å². The number of rotatable bonds is 6. The topological polar surface area (TPSA) is 55.5 Å². The van der Waals surface area contributed by atoms with E-state index in [1.807, 2.05) is 0 Å². The molecule has 0 spiro atoms. The van der Waals surface area contributed by atoms with Crippen molar-refractivity contribution in [3.63, 3.8) is 0 Å². The standard InChI is InChI=1S/C23H28F3NO2S/c24-23(25,26)21-6-5-20(30-21)13-29-12-15-1-2-17-10-18(4-3-16(17)9-15)19-7-8-22(27,11-19)14-28/h3-6,10,15,19,28H,1-2,7-9,11-14,27H2/t15-,19+,22-/m1/s1. The van der Waals surface area contributed by atoms with Gasteiger partial charge in [0.15, 0.2) is 0 Å². The molecule has 4 rings (SSSR count). The van der Waals surface area contributed by atoms with Crippen molar-refractivity contribution in [3.05, 3.63) is 56.8 Å². The number of aryl methyl sites for hydroxylation is 1. The predicted molar refractivity (Wildman–Crippen MR) is 112 cm³/mol. The van der Waals surface area contributed by atoms with Crippen molar-refractivity contribution < 1.29 is 23.0 Å². The van der Waals surface area contributed by atoms with E-state index in [9.17, 15) is 18.3 Å². The maximum absolute atomic E-state index is 12.7. The minimum absolute atomic E-state index is 0.0408. The van der Waals surface area contributed by atoms with Crippen LogP contribution in [0.2, 0.25) is 0 Å². The lowest BCUT2D eigenvalue weighted by atomic mass is 9.82. The second-order valence-electron chi connectivity index (χ2n) is 8.88. The van der Waals surface area contributed by atoms with E-state index in [-0.39, 0.29) is 13.2 Å². The molecule has 1 fully saturated rings. The Morgan fingerprint density at radius 3 is 2.70 bits per heavy atom. The van der Waals surface area contributed by atoms with Gasteiger partial charge in [-0.15, -0.1) is 11.3 Å². The zero-order chi connectivity index (χ0) is 21.4. The summed E-state index contributed by atoms with van der Waals surface area (Å²) >= 11 is 0.755. The number of hydrogen-bond donors (Lipinski definition) is 2. The summed E-state index contributed by atoms with van der Waals surface area (Å²) in [4.78, 5) is 0.0372. The Hall–Kier alpha value is -1.41. The van der Waals surface area contributed by atoms with Crippen LogP contribution in [-0.2, 0) is 30.4 Å². The summed E-state index contributed by atoms with van der Waals surface area (Å²) in [6, 6.07) is 9.34. The Bertz CT molecular complexity index is 882. The Labute approximate surface area is 179 Å². The molecule has 3 N–H and O–H groups in total. The largest absolute Gasteiger partial charge is 0.425 e. The van der Waals surface area contributed by atoms with E-state index in [0.717, 1.165) is 55.9 Å². The van der Waals surface area contributed by atoms with E-state index in [1.165, 1.54) is 22.8 Å². The number of halogens is 3. The molecule has 1 heterocycles. The number of thiophene rings is 1. The second kappa shape index (κ2) is 8.61. The van der Waals surface area contributed by atoms with Gasteiger partial charge in [0, 0.05) is 10.4 Å². The number of benzene rings is 1. The Balaban J connectivity index is 1.29. The number of alkyl halides is 3. The monoisotopic (exact) mass is 439 g/mol. The fourth-order valence-corrected chi connectivity index (χ4v) is 5.58. The van der Waals surface area contributed by atoms with Gasteiger partial charge in [-0.1, -0.05) is 18.2 Å². The summed E-state index contributed by atoms with van der Waals surface area (Å²) < 4.78 is 43.8. The van der Waals surface area contributed by atoms with Gasteiger partial charge in [-0.2, -0.15) is 13.2 Å². The highest BCUT2D eigenvalue weighted by Gasteiger charge is 2.36. The van der Waals surface area contributed by atoms with Crippen LogP contribution in [0.3, 0.4) is 0 Å². The maximum atomic E-state index is 12.7. The van der Waals surface area contributed by atoms with Crippen LogP contribution in [0, 0.1) is 5.92 Å². The van der Waals surface area contributed by atoms with Gasteiger partial charge in [-0.3, -0.25) is 0 Å². The summed E-state index contributed by atoms with van der Waals surface area (Å²) in [5.74, 6) is 0.809. The van der Waals surface area contributed by atoms with Gasteiger partial charge in [0.25, 0.3) is 0 Å². The molecule has 0 unspecified atom stereocenters. The molecule has 2 aromatic rings. The number of aliphatic hydroxyl groups excluding tert-OH is 1. The molecule has 7 heteroatoms. The predicted octanol–water partition coefficient (Wildman–Crippen LogP) is 5.05. The highest BCUT2D eigenvalue weighted by molar-refractivity contribution is 7.12. The maximum Gasteiger partial charge on any atom is 0.425 e. The highest BCUT2D eigenvalue weighted by atomic mass is 32.1. The molecule has 30 heavy (non-hydrogen) atoms. The molecule has 0 aliphatic heterocycles. The minimum Gasteiger partial charge on any atom is -0.394 e. The van der Waals surface area contributed by atoms with Gasteiger partial charge in [-0.05, 0) is 79.2 Å². The molecule has 1 aromatic heterocycles. The molecule has 2 aliphatic carbocycles. The highest BCUT2D eigenvalue weighted by Crippen LogP contribution is 2.41. The molecule has 3 nitrogen and oxygen atoms in total. The number of aliphatic hydroxyl groups is 1. The third-order valence-electron chi connectivity index (χ3n) is 6.53. The summed E-state index contributed by atoms with van der Waals surface area (Å²) in [6.45, 7) is 0.838. The molecule has 0 amide bonds. The van der Waals surface area contributed by atoms with Crippen LogP contribution in [0.1, 0.15) is 58.0 Å². The molecular weight excluding hydrogens is 411 g/mol. The van der Waals surface area contributed by atoms with Crippen LogP contribution in [0.4, 0.5) is 13.2 Å². The first-order valence-corrected chi connectivity index (χ1v) is 11.3. The van der Waals surface area contributed by atoms with E-state index >= 15 is 0 Å². The van der Waals surface area contributed by atoms with E-state index in [1.54, 1.807) is 0 Å². The normalized spacial score (nSPS) is 26.7. The molecule has 0 bridgehead atoms. The SMILES string of the molecule is N[C@]1(CO)CC[C@H](c2ccc3c(c2)CC[C@@H](COCc2ccc(C(F)(F)F)s2)C3)C1. The van der Waals surface area contributed by atoms with Crippen LogP contribution in [0.15, 0.2) is 30.3 Å². The van der Waals surface area contributed by atoms with Crippen LogP contribution < -0.4 is 5.73 Å². The fourth-order valence-electron chi connectivity index (χ4n) is 4.77. The van der Waals surface area contributed by atoms with Crippen LogP contribution in [0.5, 0.6) is 0 Å². The van der Waals surface area contributed by atoms with Crippen molar-refractivity contribution in [2.75, 3.05) is 13.2 Å². The van der Waals surface area contributed by atoms with E-state index in [0.29, 0.717) is 23.3 Å². The number of nitrogens with two attached hydrogens (primary N) is 1. The van der Waals surface area contributed by atoms with Crippen molar-refractivity contribution in [1.29, 1.82) is 0 Å². The molecule has 3 atom stereocenters. The molecule has 0 radical (unpaired) electrons. The Morgan fingerprint density at radius 1 is 1.17 bits per heavy atom. The molecule has 2 aliphatic rings. The lowest BCUT2D eigenvalue weighted by Gasteiger charge is -2.26. The second-order valence-corrected chi connectivity index (χ2v) is 10.0. The van der Waals surface area contributed by atoms with Gasteiger partial charge in [-0.25, -0.2) is 0 Å². The first-order chi connectivity index (χ1) is 14.3. The average Bonchev–Trinajstić information content (AvgIpc) is 3.35. The first-order valence-electron chi connectivity index (χ1n) is 10.5. The smallest absolute Gasteiger partial charge is 0.394 e. The lowest BCUT2D eigenvalue weighted by molar-refractivity contribution is -0.134. The van der Waals surface area contributed by atoms with Crippen molar-refractivity contribution in [2.24, 2.45) is 11.7 Å². The Kier molecular flexibility index (Phi) is 6.26. The van der Waals surface area contributed by atoms with Crippen molar-refractivity contribution in [3.8, 4) is 0 Å². The molecule has 1 saturated carbocycles. The van der Waals surface area contributed by atoms with Crippen LogP contribution >= 0.6 is 11.3 Å². The summed E-state index contributed by atoms with van der Waals surface area (Å²) in [7, 11) is 0. The molecule has 164 valence electrons. The molecular formula is C23H28F3NO2S. The van der Waals surface area contributed by atoms with Gasteiger partial charge in [0.1, 0.15) is 4.88 Å². The lowest BCUT2D eigenvalue weighted by Crippen LogP contribution is -2.40. The molecule has 0 saturated heterocycles. The molecule has 1 aromatic carbocycles. The minimum atomic E-state index is -4.28. The average molecular weight is 440 g/mol. The van der Waals surface area contributed by atoms with Gasteiger partial charge < -0.3 is 15.6 Å². The van der Waals surface area contributed by atoms with E-state index in [2.05, 4.69) is 18.2 Å². The third kappa shape index (κ3) is 4.90. The third-order valence-corrected chi connectivity index (χ3v) is 7.63. The zero-order valence-electron chi connectivity index (χ0n) is 16.9. The summed E-state index contributed by atoms with van der Waals surface area (Å²) in [6.07, 6.45) is 1.39. The van der Waals surface area contributed by atoms with E-state index < -0.39 is 16.6 Å². The van der Waals surface area contributed by atoms with Crippen molar-refractivity contribution in [2.45, 2.75) is 62.8 Å². The Morgan fingerprint density at radius 2 is 2.00 bits per heavy atom. The van der Waals surface area contributed by atoms with Gasteiger partial charge in [0.2, 0.25) is 0 Å². The fraction of sp³-hybridized carbons (Fsp3) is 0.565. The number of fused-ring (bicyclic) bond motifs is 1. The first kappa shape index (κ1) is 21.8. The van der Waals surface area contributed by atoms with Gasteiger partial charge >= 0.3 is 6.18 Å². The summed E-state index contributed by atoms with van der Waals surface area (Å²) in [5, 5.41) is 9.51. The zero-order valence-corrected chi connectivity index (χ0v) is 17.7. The van der Waals surface area contributed by atoms with Crippen LogP contribution in [-0.4, -0.2) is 23.9 Å².